The van der Waals surface area contributed by atoms with Gasteiger partial charge < -0.3 is 0 Å². The van der Waals surface area contributed by atoms with Crippen LogP contribution >= 0.6 is 15.9 Å². The second-order valence-corrected chi connectivity index (χ2v) is 8.01. The zero-order chi connectivity index (χ0) is 11.1. The summed E-state index contributed by atoms with van der Waals surface area (Å²) in [6.45, 7) is 4.26. The van der Waals surface area contributed by atoms with Crippen molar-refractivity contribution in [1.29, 1.82) is 0 Å². The predicted octanol–water partition coefficient (Wildman–Crippen LogP) is 3.59. The molecule has 0 aliphatic carbocycles. The standard InChI is InChI=1S/C11H14BrNOS/c1-11(2)7-15(14,8-11)13-10-5-3-9(12)4-6-10/h3-6H,7-8H2,1-2H3. The van der Waals surface area contributed by atoms with E-state index >= 15 is 0 Å². The van der Waals surface area contributed by atoms with Gasteiger partial charge in [-0.15, -0.1) is 0 Å². The van der Waals surface area contributed by atoms with E-state index in [0.29, 0.717) is 0 Å². The zero-order valence-corrected chi connectivity index (χ0v) is 11.3. The third kappa shape index (κ3) is 2.61. The van der Waals surface area contributed by atoms with E-state index in [0.717, 1.165) is 21.7 Å². The van der Waals surface area contributed by atoms with Crippen molar-refractivity contribution in [2.75, 3.05) is 11.5 Å². The molecule has 1 aliphatic rings. The largest absolute Gasteiger partial charge is 0.249 e. The Labute approximate surface area is 99.4 Å². The minimum Gasteiger partial charge on any atom is -0.249 e. The summed E-state index contributed by atoms with van der Waals surface area (Å²) < 4.78 is 17.5. The maximum atomic E-state index is 12.1. The van der Waals surface area contributed by atoms with Crippen LogP contribution in [0.2, 0.25) is 0 Å². The Morgan fingerprint density at radius 2 is 1.80 bits per heavy atom. The molecule has 0 saturated carbocycles. The molecule has 0 atom stereocenters. The SMILES string of the molecule is CC1(C)CS(=O)(=Nc2ccc(Br)cc2)C1. The Morgan fingerprint density at radius 1 is 1.27 bits per heavy atom. The van der Waals surface area contributed by atoms with E-state index in [1.165, 1.54) is 0 Å². The number of nitrogens with zero attached hydrogens (tertiary/aromatic N) is 1. The van der Waals surface area contributed by atoms with Gasteiger partial charge in [-0.05, 0) is 29.7 Å². The smallest absolute Gasteiger partial charge is 0.0731 e. The fraction of sp³-hybridized carbons (Fsp3) is 0.455. The first-order valence-corrected chi connectivity index (χ1v) is 7.51. The molecule has 2 rings (SSSR count). The van der Waals surface area contributed by atoms with Crippen molar-refractivity contribution in [1.82, 2.24) is 0 Å². The van der Waals surface area contributed by atoms with E-state index in [9.17, 15) is 4.21 Å². The summed E-state index contributed by atoms with van der Waals surface area (Å²) in [6, 6.07) is 7.63. The van der Waals surface area contributed by atoms with E-state index in [2.05, 4.69) is 34.1 Å². The summed E-state index contributed by atoms with van der Waals surface area (Å²) in [4.78, 5) is 0. The molecule has 0 aromatic heterocycles. The van der Waals surface area contributed by atoms with E-state index < -0.39 is 9.73 Å². The predicted molar refractivity (Wildman–Crippen MR) is 67.9 cm³/mol. The van der Waals surface area contributed by atoms with Crippen molar-refractivity contribution in [2.24, 2.45) is 9.78 Å². The van der Waals surface area contributed by atoms with Crippen molar-refractivity contribution in [3.05, 3.63) is 28.7 Å². The lowest BCUT2D eigenvalue weighted by molar-refractivity contribution is 0.435. The molecule has 1 saturated heterocycles. The molecule has 1 aliphatic heterocycles. The topological polar surface area (TPSA) is 29.4 Å². The van der Waals surface area contributed by atoms with Crippen molar-refractivity contribution in [3.63, 3.8) is 0 Å². The molecule has 0 N–H and O–H groups in total. The van der Waals surface area contributed by atoms with Crippen LogP contribution in [0.1, 0.15) is 13.8 Å². The Kier molecular flexibility index (Phi) is 2.67. The summed E-state index contributed by atoms with van der Waals surface area (Å²) in [5.74, 6) is 1.44. The Hall–Kier alpha value is -0.350. The highest BCUT2D eigenvalue weighted by Gasteiger charge is 2.38. The maximum absolute atomic E-state index is 12.1. The van der Waals surface area contributed by atoms with E-state index in [1.54, 1.807) is 0 Å². The molecule has 1 aromatic rings. The Balaban J connectivity index is 2.25. The molecular formula is C11H14BrNOS. The number of benzene rings is 1. The molecule has 1 fully saturated rings. The number of halogens is 1. The Morgan fingerprint density at radius 3 is 2.27 bits per heavy atom. The molecule has 0 radical (unpaired) electrons. The minimum absolute atomic E-state index is 0.204. The second-order valence-electron chi connectivity index (χ2n) is 4.79. The summed E-state index contributed by atoms with van der Waals surface area (Å²) in [5.41, 5.74) is 1.02. The quantitative estimate of drug-likeness (QED) is 0.776. The highest BCUT2D eigenvalue weighted by Crippen LogP contribution is 2.35. The van der Waals surface area contributed by atoms with Gasteiger partial charge in [-0.2, -0.15) is 4.36 Å². The first kappa shape index (κ1) is 11.1. The molecule has 2 nitrogen and oxygen atoms in total. The number of rotatable bonds is 1. The van der Waals surface area contributed by atoms with Gasteiger partial charge in [-0.1, -0.05) is 29.8 Å². The Bertz CT molecular complexity index is 470. The molecule has 0 spiro atoms. The zero-order valence-electron chi connectivity index (χ0n) is 8.87. The third-order valence-electron chi connectivity index (χ3n) is 2.33. The average molecular weight is 288 g/mol. The van der Waals surface area contributed by atoms with Crippen LogP contribution < -0.4 is 0 Å². The molecule has 82 valence electrons. The van der Waals surface area contributed by atoms with Gasteiger partial charge >= 0.3 is 0 Å². The third-order valence-corrected chi connectivity index (χ3v) is 5.87. The first-order chi connectivity index (χ1) is 6.89. The van der Waals surface area contributed by atoms with Gasteiger partial charge in [0.25, 0.3) is 0 Å². The van der Waals surface area contributed by atoms with Crippen LogP contribution in [0.5, 0.6) is 0 Å². The molecule has 0 bridgehead atoms. The summed E-state index contributed by atoms with van der Waals surface area (Å²) in [6.07, 6.45) is 0. The minimum atomic E-state index is -1.95. The molecule has 0 amide bonds. The van der Waals surface area contributed by atoms with Gasteiger partial charge in [-0.3, -0.25) is 0 Å². The van der Waals surface area contributed by atoms with Crippen LogP contribution in [-0.4, -0.2) is 15.7 Å². The highest BCUT2D eigenvalue weighted by molar-refractivity contribution is 9.10. The number of hydrogen-bond acceptors (Lipinski definition) is 2. The van der Waals surface area contributed by atoms with E-state index in [4.69, 9.17) is 0 Å². The first-order valence-electron chi connectivity index (χ1n) is 4.87. The second kappa shape index (κ2) is 3.59. The normalized spacial score (nSPS) is 21.8. The summed E-state index contributed by atoms with van der Waals surface area (Å²) in [5, 5.41) is 0. The van der Waals surface area contributed by atoms with E-state index in [-0.39, 0.29) is 5.41 Å². The maximum Gasteiger partial charge on any atom is 0.0731 e. The summed E-state index contributed by atoms with van der Waals surface area (Å²) >= 11 is 3.36. The lowest BCUT2D eigenvalue weighted by Gasteiger charge is -2.37. The molecule has 4 heteroatoms. The van der Waals surface area contributed by atoms with Crippen LogP contribution in [-0.2, 0) is 9.73 Å². The van der Waals surface area contributed by atoms with Gasteiger partial charge in [0.2, 0.25) is 0 Å². The monoisotopic (exact) mass is 287 g/mol. The van der Waals surface area contributed by atoms with Crippen molar-refractivity contribution in [2.45, 2.75) is 13.8 Å². The van der Waals surface area contributed by atoms with Gasteiger partial charge in [0.05, 0.1) is 15.4 Å². The fourth-order valence-corrected chi connectivity index (χ4v) is 5.19. The van der Waals surface area contributed by atoms with Crippen LogP contribution in [0.3, 0.4) is 0 Å². The van der Waals surface area contributed by atoms with Crippen molar-refractivity contribution < 1.29 is 4.21 Å². The van der Waals surface area contributed by atoms with Crippen LogP contribution in [0.4, 0.5) is 5.69 Å². The average Bonchev–Trinajstić information content (AvgIpc) is 2.05. The molecule has 15 heavy (non-hydrogen) atoms. The van der Waals surface area contributed by atoms with Crippen molar-refractivity contribution >= 4 is 31.3 Å². The molecular weight excluding hydrogens is 274 g/mol. The van der Waals surface area contributed by atoms with Gasteiger partial charge in [0.15, 0.2) is 0 Å². The molecule has 1 heterocycles. The van der Waals surface area contributed by atoms with Crippen LogP contribution in [0.15, 0.2) is 33.1 Å². The summed E-state index contributed by atoms with van der Waals surface area (Å²) in [7, 11) is -1.95. The number of hydrogen-bond donors (Lipinski definition) is 0. The lowest BCUT2D eigenvalue weighted by Crippen LogP contribution is -2.43. The van der Waals surface area contributed by atoms with Crippen LogP contribution in [0.25, 0.3) is 0 Å². The van der Waals surface area contributed by atoms with Crippen molar-refractivity contribution in [3.8, 4) is 0 Å². The van der Waals surface area contributed by atoms with E-state index in [1.807, 2.05) is 24.3 Å². The van der Waals surface area contributed by atoms with Crippen LogP contribution in [0, 0.1) is 5.41 Å². The molecule has 0 unspecified atom stereocenters. The van der Waals surface area contributed by atoms with Gasteiger partial charge in [0, 0.05) is 16.0 Å². The fourth-order valence-electron chi connectivity index (χ4n) is 1.94. The lowest BCUT2D eigenvalue weighted by atomic mass is 9.99. The van der Waals surface area contributed by atoms with Gasteiger partial charge in [0.1, 0.15) is 0 Å². The highest BCUT2D eigenvalue weighted by atomic mass is 79.9. The molecule has 1 aromatic carbocycles. The van der Waals surface area contributed by atoms with Gasteiger partial charge in [-0.25, -0.2) is 4.21 Å².